The molecule has 3 aromatic carbocycles. The molecule has 33 heavy (non-hydrogen) atoms. The van der Waals surface area contributed by atoms with Crippen LogP contribution in [0.25, 0.3) is 21.9 Å². The van der Waals surface area contributed by atoms with Gasteiger partial charge in [0.2, 0.25) is 5.88 Å². The molecular formula is C26H24IN3O3. The molecule has 1 heterocycles. The third-order valence-corrected chi connectivity index (χ3v) is 5.97. The summed E-state index contributed by atoms with van der Waals surface area (Å²) >= 11 is 2.17. The van der Waals surface area contributed by atoms with Crippen LogP contribution in [0, 0.1) is 3.57 Å². The molecule has 0 amide bonds. The van der Waals surface area contributed by atoms with Gasteiger partial charge in [0, 0.05) is 32.7 Å². The Morgan fingerprint density at radius 2 is 1.82 bits per heavy atom. The number of fused-ring (bicyclic) bond motifs is 1. The highest BCUT2D eigenvalue weighted by molar-refractivity contribution is 14.1. The summed E-state index contributed by atoms with van der Waals surface area (Å²) in [5.74, 6) is -0.0225. The van der Waals surface area contributed by atoms with Crippen LogP contribution >= 0.6 is 22.6 Å². The number of aromatic amines is 1. The van der Waals surface area contributed by atoms with Crippen molar-refractivity contribution in [2.45, 2.75) is 13.1 Å². The highest BCUT2D eigenvalue weighted by atomic mass is 127. The maximum Gasteiger partial charge on any atom is 0.258 e. The highest BCUT2D eigenvalue weighted by Crippen LogP contribution is 2.31. The Morgan fingerprint density at radius 1 is 1.00 bits per heavy atom. The van der Waals surface area contributed by atoms with Gasteiger partial charge in [-0.1, -0.05) is 30.3 Å². The number of hydrogen-bond acceptors (Lipinski definition) is 5. The average molecular weight is 553 g/mol. The fourth-order valence-corrected chi connectivity index (χ4v) is 4.29. The molecule has 0 spiro atoms. The quantitative estimate of drug-likeness (QED) is 0.234. The Balaban J connectivity index is 1.58. The molecule has 0 bridgehead atoms. The highest BCUT2D eigenvalue weighted by Gasteiger charge is 2.10. The molecule has 0 saturated carbocycles. The molecule has 0 aliphatic heterocycles. The van der Waals surface area contributed by atoms with E-state index in [4.69, 9.17) is 0 Å². The zero-order chi connectivity index (χ0) is 23.5. The van der Waals surface area contributed by atoms with E-state index in [9.17, 15) is 15.0 Å². The van der Waals surface area contributed by atoms with Crippen molar-refractivity contribution in [2.75, 3.05) is 14.1 Å². The number of nitrogens with zero attached hydrogens (tertiary/aromatic N) is 2. The first-order valence-electron chi connectivity index (χ1n) is 10.4. The number of H-pyrrole nitrogens is 1. The summed E-state index contributed by atoms with van der Waals surface area (Å²) in [5.41, 5.74) is 3.85. The van der Waals surface area contributed by atoms with Crippen LogP contribution < -0.4 is 5.56 Å². The summed E-state index contributed by atoms with van der Waals surface area (Å²) in [6.45, 7) is 1.14. The van der Waals surface area contributed by atoms with E-state index in [0.29, 0.717) is 22.9 Å². The number of aliphatic imine (C=N–C) groups is 1. The predicted molar refractivity (Wildman–Crippen MR) is 141 cm³/mol. The van der Waals surface area contributed by atoms with Crippen molar-refractivity contribution in [3.8, 4) is 22.8 Å². The molecule has 0 fully saturated rings. The van der Waals surface area contributed by atoms with Crippen LogP contribution in [0.4, 0.5) is 0 Å². The predicted octanol–water partition coefficient (Wildman–Crippen LogP) is 4.89. The van der Waals surface area contributed by atoms with Gasteiger partial charge in [-0.15, -0.1) is 0 Å². The molecule has 0 saturated heterocycles. The Hall–Kier alpha value is -3.17. The van der Waals surface area contributed by atoms with Gasteiger partial charge in [-0.2, -0.15) is 0 Å². The van der Waals surface area contributed by atoms with Crippen molar-refractivity contribution in [3.63, 3.8) is 0 Å². The molecule has 3 N–H and O–H groups in total. The van der Waals surface area contributed by atoms with E-state index in [1.165, 1.54) is 5.56 Å². The Bertz CT molecular complexity index is 1410. The first kappa shape index (κ1) is 23.0. The summed E-state index contributed by atoms with van der Waals surface area (Å²) in [5, 5.41) is 22.0. The number of phenolic OH excluding ortho intramolecular Hbond substituents is 1. The number of benzene rings is 3. The van der Waals surface area contributed by atoms with Crippen LogP contribution in [-0.4, -0.2) is 40.4 Å². The Kier molecular flexibility index (Phi) is 6.80. The van der Waals surface area contributed by atoms with E-state index in [2.05, 4.69) is 49.6 Å². The minimum absolute atomic E-state index is 0.191. The van der Waals surface area contributed by atoms with E-state index in [1.54, 1.807) is 18.3 Å². The molecule has 1 aromatic heterocycles. The molecule has 4 rings (SSSR count). The Labute approximate surface area is 205 Å². The maximum absolute atomic E-state index is 12.1. The number of pyridine rings is 1. The number of rotatable bonds is 6. The SMILES string of the molecule is CN(C)Cc1cccc(-c2ccc(CN=Cc3c(O)[nH]c(=O)c4ccc(I)cc34)cc2O)c1. The summed E-state index contributed by atoms with van der Waals surface area (Å²) < 4.78 is 0.954. The van der Waals surface area contributed by atoms with E-state index >= 15 is 0 Å². The molecule has 168 valence electrons. The van der Waals surface area contributed by atoms with Crippen LogP contribution in [0.5, 0.6) is 11.6 Å². The second-order valence-electron chi connectivity index (χ2n) is 8.17. The van der Waals surface area contributed by atoms with Crippen molar-refractivity contribution < 1.29 is 10.2 Å². The Morgan fingerprint density at radius 3 is 2.58 bits per heavy atom. The number of aromatic hydroxyl groups is 2. The summed E-state index contributed by atoms with van der Waals surface area (Å²) in [6, 6.07) is 19.1. The van der Waals surface area contributed by atoms with Crippen molar-refractivity contribution in [1.29, 1.82) is 0 Å². The van der Waals surface area contributed by atoms with E-state index in [0.717, 1.165) is 26.8 Å². The van der Waals surface area contributed by atoms with Gasteiger partial charge in [0.05, 0.1) is 12.1 Å². The first-order chi connectivity index (χ1) is 15.8. The topological polar surface area (TPSA) is 88.9 Å². The van der Waals surface area contributed by atoms with Crippen LogP contribution in [-0.2, 0) is 13.1 Å². The number of aromatic nitrogens is 1. The average Bonchev–Trinajstić information content (AvgIpc) is 2.75. The summed E-state index contributed by atoms with van der Waals surface area (Å²) in [6.07, 6.45) is 1.55. The number of hydrogen-bond donors (Lipinski definition) is 3. The monoisotopic (exact) mass is 553 g/mol. The molecule has 0 radical (unpaired) electrons. The molecule has 0 aliphatic rings. The maximum atomic E-state index is 12.1. The van der Waals surface area contributed by atoms with Gasteiger partial charge < -0.3 is 15.1 Å². The van der Waals surface area contributed by atoms with Crippen molar-refractivity contribution in [3.05, 3.63) is 91.3 Å². The smallest absolute Gasteiger partial charge is 0.258 e. The van der Waals surface area contributed by atoms with Gasteiger partial charge in [0.25, 0.3) is 5.56 Å². The molecule has 7 heteroatoms. The summed E-state index contributed by atoms with van der Waals surface area (Å²) in [7, 11) is 4.05. The lowest BCUT2D eigenvalue weighted by Gasteiger charge is -2.12. The lowest BCUT2D eigenvalue weighted by molar-refractivity contribution is 0.402. The van der Waals surface area contributed by atoms with Gasteiger partial charge >= 0.3 is 0 Å². The van der Waals surface area contributed by atoms with Gasteiger partial charge in [-0.25, -0.2) is 0 Å². The van der Waals surface area contributed by atoms with Crippen LogP contribution in [0.1, 0.15) is 16.7 Å². The van der Waals surface area contributed by atoms with E-state index in [-0.39, 0.29) is 17.2 Å². The van der Waals surface area contributed by atoms with E-state index in [1.807, 2.05) is 50.5 Å². The molecular weight excluding hydrogens is 529 g/mol. The van der Waals surface area contributed by atoms with Gasteiger partial charge in [-0.05, 0) is 83.7 Å². The van der Waals surface area contributed by atoms with Crippen molar-refractivity contribution >= 4 is 39.6 Å². The van der Waals surface area contributed by atoms with E-state index < -0.39 is 0 Å². The molecule has 6 nitrogen and oxygen atoms in total. The third kappa shape index (κ3) is 5.26. The van der Waals surface area contributed by atoms with Crippen LogP contribution in [0.2, 0.25) is 0 Å². The third-order valence-electron chi connectivity index (χ3n) is 5.30. The van der Waals surface area contributed by atoms with Gasteiger partial charge in [-0.3, -0.25) is 14.8 Å². The largest absolute Gasteiger partial charge is 0.507 e. The second-order valence-corrected chi connectivity index (χ2v) is 9.41. The lowest BCUT2D eigenvalue weighted by atomic mass is 10.0. The molecule has 0 atom stereocenters. The minimum atomic E-state index is -0.341. The van der Waals surface area contributed by atoms with Gasteiger partial charge in [0.15, 0.2) is 0 Å². The lowest BCUT2D eigenvalue weighted by Crippen LogP contribution is -2.10. The number of nitrogens with one attached hydrogen (secondary N) is 1. The first-order valence-corrected chi connectivity index (χ1v) is 11.5. The van der Waals surface area contributed by atoms with Crippen LogP contribution in [0.3, 0.4) is 0 Å². The normalized spacial score (nSPS) is 11.6. The standard InChI is InChI=1S/C26H24IN3O3/c1-30(2)15-17-4-3-5-18(10-17)20-8-6-16(11-24(20)31)13-28-14-23-22-12-19(27)7-9-21(22)25(32)29-26(23)33/h3-12,14,31H,13,15H2,1-2H3,(H2,29,32,33). The molecule has 4 aromatic rings. The van der Waals surface area contributed by atoms with Gasteiger partial charge in [0.1, 0.15) is 5.75 Å². The zero-order valence-electron chi connectivity index (χ0n) is 18.3. The fourth-order valence-electron chi connectivity index (χ4n) is 3.80. The second kappa shape index (κ2) is 9.76. The van der Waals surface area contributed by atoms with Crippen molar-refractivity contribution in [2.24, 2.45) is 4.99 Å². The molecule has 0 aliphatic carbocycles. The minimum Gasteiger partial charge on any atom is -0.507 e. The van der Waals surface area contributed by atoms with Crippen molar-refractivity contribution in [1.82, 2.24) is 9.88 Å². The van der Waals surface area contributed by atoms with Crippen LogP contribution in [0.15, 0.2) is 70.5 Å². The number of halogens is 1. The molecule has 0 unspecified atom stereocenters. The summed E-state index contributed by atoms with van der Waals surface area (Å²) in [4.78, 5) is 21.1. The fraction of sp³-hybridized carbons (Fsp3) is 0.154. The zero-order valence-corrected chi connectivity index (χ0v) is 20.5. The number of phenols is 1.